The van der Waals surface area contributed by atoms with Crippen LogP contribution in [0, 0.1) is 6.92 Å². The molecule has 0 spiro atoms. The number of esters is 1. The first kappa shape index (κ1) is 27.6. The maximum Gasteiger partial charge on any atom is 0.338 e. The third kappa shape index (κ3) is 6.52. The summed E-state index contributed by atoms with van der Waals surface area (Å²) in [6.45, 7) is 8.65. The molecule has 2 heterocycles. The Bertz CT molecular complexity index is 1490. The average Bonchev–Trinajstić information content (AvgIpc) is 2.94. The summed E-state index contributed by atoms with van der Waals surface area (Å²) in [4.78, 5) is 22.0. The van der Waals surface area contributed by atoms with Gasteiger partial charge in [-0.2, -0.15) is 0 Å². The van der Waals surface area contributed by atoms with E-state index in [9.17, 15) is 4.79 Å². The lowest BCUT2D eigenvalue weighted by molar-refractivity contribution is 0.0600. The lowest BCUT2D eigenvalue weighted by Crippen LogP contribution is -2.15. The van der Waals surface area contributed by atoms with Gasteiger partial charge in [0.25, 0.3) is 0 Å². The molecule has 39 heavy (non-hydrogen) atoms. The highest BCUT2D eigenvalue weighted by molar-refractivity contribution is 5.95. The fourth-order valence-electron chi connectivity index (χ4n) is 4.14. The normalized spacial score (nSPS) is 11.4. The third-order valence-electron chi connectivity index (χ3n) is 6.27. The Morgan fingerprint density at radius 1 is 0.923 bits per heavy atom. The van der Waals surface area contributed by atoms with Gasteiger partial charge in [0, 0.05) is 22.9 Å². The second-order valence-electron chi connectivity index (χ2n) is 10.3. The number of hydrogen-bond donors (Lipinski definition) is 0. The Labute approximate surface area is 230 Å². The molecule has 2 aromatic carbocycles. The third-order valence-corrected chi connectivity index (χ3v) is 6.27. The lowest BCUT2D eigenvalue weighted by atomic mass is 9.89. The molecule has 0 unspecified atom stereocenters. The first-order valence-corrected chi connectivity index (χ1v) is 12.8. The maximum absolute atomic E-state index is 12.5. The van der Waals surface area contributed by atoms with Crippen LogP contribution in [0.15, 0.2) is 72.9 Å². The van der Waals surface area contributed by atoms with E-state index in [1.165, 1.54) is 7.11 Å². The van der Waals surface area contributed by atoms with Crippen LogP contribution in [0.1, 0.15) is 59.1 Å². The molecule has 6 nitrogen and oxygen atoms in total. The molecule has 0 fully saturated rings. The molecule has 0 saturated heterocycles. The second-order valence-corrected chi connectivity index (χ2v) is 10.3. The van der Waals surface area contributed by atoms with Crippen molar-refractivity contribution >= 4 is 18.1 Å². The summed E-state index contributed by atoms with van der Waals surface area (Å²) < 4.78 is 17.1. The van der Waals surface area contributed by atoms with Crippen LogP contribution in [0.5, 0.6) is 11.6 Å². The van der Waals surface area contributed by atoms with Crippen LogP contribution >= 0.6 is 0 Å². The molecule has 0 saturated carbocycles. The summed E-state index contributed by atoms with van der Waals surface area (Å²) in [5.41, 5.74) is 6.08. The number of ether oxygens (including phenoxy) is 3. The molecule has 200 valence electrons. The van der Waals surface area contributed by atoms with Crippen LogP contribution in [0.4, 0.5) is 0 Å². The molecule has 4 aromatic rings. The van der Waals surface area contributed by atoms with Gasteiger partial charge in [-0.1, -0.05) is 81.0 Å². The minimum atomic E-state index is -0.384. The zero-order chi connectivity index (χ0) is 28.0. The lowest BCUT2D eigenvalue weighted by Gasteiger charge is -2.23. The van der Waals surface area contributed by atoms with Crippen molar-refractivity contribution in [2.75, 3.05) is 14.2 Å². The first-order chi connectivity index (χ1) is 18.7. The molecule has 2 aromatic heterocycles. The Morgan fingerprint density at radius 3 is 2.36 bits per heavy atom. The van der Waals surface area contributed by atoms with Crippen molar-refractivity contribution in [1.82, 2.24) is 9.97 Å². The number of pyridine rings is 2. The highest BCUT2D eigenvalue weighted by atomic mass is 16.5. The SMILES string of the molecule is COC(=O)c1cc(C)ccc1/C=C/c1cc(C(C)(C)C)nc(-c2cccnc2OC)c1OCc1ccccc1. The van der Waals surface area contributed by atoms with E-state index in [1.807, 2.05) is 85.8 Å². The zero-order valence-corrected chi connectivity index (χ0v) is 23.3. The van der Waals surface area contributed by atoms with E-state index in [0.717, 1.165) is 33.5 Å². The predicted octanol–water partition coefficient (Wildman–Crippen LogP) is 7.29. The summed E-state index contributed by atoms with van der Waals surface area (Å²) >= 11 is 0. The van der Waals surface area contributed by atoms with Crippen molar-refractivity contribution < 1.29 is 19.0 Å². The highest BCUT2D eigenvalue weighted by Gasteiger charge is 2.24. The fraction of sp³-hybridized carbons (Fsp3) is 0.242. The van der Waals surface area contributed by atoms with Crippen LogP contribution in [0.25, 0.3) is 23.4 Å². The van der Waals surface area contributed by atoms with Crippen molar-refractivity contribution in [3.8, 4) is 22.9 Å². The Balaban J connectivity index is 1.93. The van der Waals surface area contributed by atoms with Crippen LogP contribution in [0.2, 0.25) is 0 Å². The smallest absolute Gasteiger partial charge is 0.338 e. The topological polar surface area (TPSA) is 70.5 Å². The van der Waals surface area contributed by atoms with Crippen LogP contribution in [0.3, 0.4) is 0 Å². The molecule has 0 atom stereocenters. The van der Waals surface area contributed by atoms with E-state index in [0.29, 0.717) is 29.5 Å². The predicted molar refractivity (Wildman–Crippen MR) is 155 cm³/mol. The largest absolute Gasteiger partial charge is 0.486 e. The van der Waals surface area contributed by atoms with Crippen molar-refractivity contribution in [2.24, 2.45) is 0 Å². The maximum atomic E-state index is 12.5. The van der Waals surface area contributed by atoms with Crippen LogP contribution in [-0.2, 0) is 16.8 Å². The molecule has 0 aliphatic rings. The number of rotatable bonds is 8. The molecule has 0 radical (unpaired) electrons. The standard InChI is InChI=1S/C33H34N2O4/c1-22-14-15-24(27(19-22)32(36)38-6)16-17-25-20-28(33(2,3)4)35-29(26-13-10-18-34-31(26)37-5)30(25)39-21-23-11-8-7-9-12-23/h7-20H,21H2,1-6H3/b17-16+. The van der Waals surface area contributed by atoms with Gasteiger partial charge in [-0.05, 0) is 42.3 Å². The molecular weight excluding hydrogens is 488 g/mol. The number of nitrogens with zero attached hydrogens (tertiary/aromatic N) is 2. The van der Waals surface area contributed by atoms with Gasteiger partial charge in [-0.3, -0.25) is 0 Å². The summed E-state index contributed by atoms with van der Waals surface area (Å²) in [5, 5.41) is 0. The quantitative estimate of drug-likeness (QED) is 0.226. The van der Waals surface area contributed by atoms with E-state index < -0.39 is 0 Å². The molecule has 6 heteroatoms. The summed E-state index contributed by atoms with van der Waals surface area (Å²) in [6, 6.07) is 21.5. The van der Waals surface area contributed by atoms with E-state index >= 15 is 0 Å². The minimum Gasteiger partial charge on any atom is -0.486 e. The van der Waals surface area contributed by atoms with Gasteiger partial charge in [0.05, 0.1) is 25.3 Å². The van der Waals surface area contributed by atoms with E-state index in [-0.39, 0.29) is 11.4 Å². The van der Waals surface area contributed by atoms with Gasteiger partial charge in [0.1, 0.15) is 12.3 Å². The van der Waals surface area contributed by atoms with Gasteiger partial charge in [0.15, 0.2) is 5.75 Å². The van der Waals surface area contributed by atoms with Crippen LogP contribution in [-0.4, -0.2) is 30.2 Å². The number of carbonyl (C=O) groups is 1. The summed E-state index contributed by atoms with van der Waals surface area (Å²) in [7, 11) is 2.98. The number of methoxy groups -OCH3 is 2. The second kappa shape index (κ2) is 11.9. The molecule has 0 aliphatic carbocycles. The van der Waals surface area contributed by atoms with E-state index in [2.05, 4.69) is 25.8 Å². The van der Waals surface area contributed by atoms with E-state index in [4.69, 9.17) is 19.2 Å². The fourth-order valence-corrected chi connectivity index (χ4v) is 4.14. The van der Waals surface area contributed by atoms with Gasteiger partial charge < -0.3 is 14.2 Å². The van der Waals surface area contributed by atoms with Gasteiger partial charge in [-0.25, -0.2) is 14.8 Å². The Morgan fingerprint density at radius 2 is 1.67 bits per heavy atom. The van der Waals surface area contributed by atoms with E-state index in [1.54, 1.807) is 13.3 Å². The van der Waals surface area contributed by atoms with Gasteiger partial charge in [-0.15, -0.1) is 0 Å². The number of aryl methyl sites for hydroxylation is 1. The molecule has 0 aliphatic heterocycles. The monoisotopic (exact) mass is 522 g/mol. The van der Waals surface area contributed by atoms with Crippen molar-refractivity contribution in [2.45, 2.75) is 39.7 Å². The Kier molecular flexibility index (Phi) is 8.45. The van der Waals surface area contributed by atoms with Gasteiger partial charge in [0.2, 0.25) is 5.88 Å². The summed E-state index contributed by atoms with van der Waals surface area (Å²) in [6.07, 6.45) is 5.56. The number of carbonyl (C=O) groups excluding carboxylic acids is 1. The van der Waals surface area contributed by atoms with Crippen molar-refractivity contribution in [3.63, 3.8) is 0 Å². The Hall–Kier alpha value is -4.45. The molecule has 4 rings (SSSR count). The molecule has 0 amide bonds. The number of hydrogen-bond acceptors (Lipinski definition) is 6. The molecular formula is C33H34N2O4. The minimum absolute atomic E-state index is 0.244. The number of benzene rings is 2. The summed E-state index contributed by atoms with van der Waals surface area (Å²) in [5.74, 6) is 0.674. The number of aromatic nitrogens is 2. The zero-order valence-electron chi connectivity index (χ0n) is 23.3. The average molecular weight is 523 g/mol. The van der Waals surface area contributed by atoms with Crippen LogP contribution < -0.4 is 9.47 Å². The van der Waals surface area contributed by atoms with Crippen molar-refractivity contribution in [3.05, 3.63) is 106 Å². The molecule has 0 N–H and O–H groups in total. The van der Waals surface area contributed by atoms with Gasteiger partial charge >= 0.3 is 5.97 Å². The van der Waals surface area contributed by atoms with Crippen molar-refractivity contribution in [1.29, 1.82) is 0 Å². The highest BCUT2D eigenvalue weighted by Crippen LogP contribution is 2.39. The first-order valence-electron chi connectivity index (χ1n) is 12.8. The molecule has 0 bridgehead atoms.